The number of methoxy groups -OCH3 is 4. The minimum Gasteiger partial charge on any atom is -0.497 e. The quantitative estimate of drug-likeness (QED) is 0.131. The van der Waals surface area contributed by atoms with E-state index in [0.29, 0.717) is 42.2 Å². The SMILES string of the molecule is COCOc1ccc(OC)cc1C(=O)N[C@@H]1CN(C(=O)OC(C)(C)C)CCC[C@H]1OC(=O)c1ccc(C(=O)c2cc(OC)ccc2OCOC)cc1. The Morgan fingerprint density at radius 2 is 1.33 bits per heavy atom. The predicted molar refractivity (Wildman–Crippen MR) is 188 cm³/mol. The molecule has 14 heteroatoms. The largest absolute Gasteiger partial charge is 0.497 e. The highest BCUT2D eigenvalue weighted by molar-refractivity contribution is 6.11. The summed E-state index contributed by atoms with van der Waals surface area (Å²) in [5.74, 6) is -0.141. The Morgan fingerprint density at radius 3 is 1.88 bits per heavy atom. The van der Waals surface area contributed by atoms with Gasteiger partial charge in [-0.15, -0.1) is 0 Å². The summed E-state index contributed by atoms with van der Waals surface area (Å²) in [6, 6.07) is 14.8. The molecule has 0 aliphatic carbocycles. The van der Waals surface area contributed by atoms with Crippen molar-refractivity contribution in [3.05, 3.63) is 82.9 Å². The van der Waals surface area contributed by atoms with Gasteiger partial charge in [-0.2, -0.15) is 0 Å². The van der Waals surface area contributed by atoms with Crippen LogP contribution in [0.4, 0.5) is 4.79 Å². The van der Waals surface area contributed by atoms with E-state index in [1.54, 1.807) is 51.1 Å². The second-order valence-electron chi connectivity index (χ2n) is 12.8. The Bertz CT molecular complexity index is 1700. The molecule has 0 bridgehead atoms. The van der Waals surface area contributed by atoms with E-state index in [2.05, 4.69) is 5.32 Å². The molecule has 1 N–H and O–H groups in total. The third-order valence-electron chi connectivity index (χ3n) is 7.92. The van der Waals surface area contributed by atoms with Crippen LogP contribution < -0.4 is 24.3 Å². The summed E-state index contributed by atoms with van der Waals surface area (Å²) < 4.78 is 43.5. The minimum atomic E-state index is -0.840. The van der Waals surface area contributed by atoms with Gasteiger partial charge in [-0.05, 0) is 82.1 Å². The number of benzene rings is 3. The molecule has 3 aromatic carbocycles. The molecular formula is C38H46N2O12. The van der Waals surface area contributed by atoms with Crippen LogP contribution in [0.2, 0.25) is 0 Å². The van der Waals surface area contributed by atoms with E-state index < -0.39 is 35.7 Å². The summed E-state index contributed by atoms with van der Waals surface area (Å²) >= 11 is 0. The number of carbonyl (C=O) groups is 4. The number of nitrogens with one attached hydrogen (secondary N) is 1. The number of ether oxygens (including phenoxy) is 8. The number of carbonyl (C=O) groups excluding carboxylic acids is 4. The zero-order valence-corrected chi connectivity index (χ0v) is 30.5. The van der Waals surface area contributed by atoms with Gasteiger partial charge in [0.25, 0.3) is 5.91 Å². The number of likely N-dealkylation sites (tertiary alicyclic amines) is 1. The number of hydrogen-bond acceptors (Lipinski definition) is 12. The number of ketones is 1. The molecule has 2 atom stereocenters. The summed E-state index contributed by atoms with van der Waals surface area (Å²) in [6.07, 6.45) is -0.600. The fraction of sp³-hybridized carbons (Fsp3) is 0.421. The molecule has 1 saturated heterocycles. The van der Waals surface area contributed by atoms with E-state index in [9.17, 15) is 19.2 Å². The van der Waals surface area contributed by atoms with Crippen molar-refractivity contribution in [3.8, 4) is 23.0 Å². The van der Waals surface area contributed by atoms with Crippen LogP contribution in [-0.4, -0.2) is 102 Å². The van der Waals surface area contributed by atoms with E-state index in [-0.39, 0.29) is 48.4 Å². The standard InChI is InChI=1S/C38H46N2O12/c1-38(2,3)52-37(44)40-18-8-9-33(30(21-40)39-35(42)29-20-27(48-7)15-17-32(29)50-23-46-5)51-36(43)25-12-10-24(11-13-25)34(41)28-19-26(47-6)14-16-31(28)49-22-45-4/h10-17,19-20,30,33H,8-9,18,21-23H2,1-7H3,(H,39,42)/t30-,33-/m1/s1. The first-order valence-electron chi connectivity index (χ1n) is 16.6. The predicted octanol–water partition coefficient (Wildman–Crippen LogP) is 5.26. The van der Waals surface area contributed by atoms with Gasteiger partial charge in [0.05, 0.1) is 37.0 Å². The lowest BCUT2D eigenvalue weighted by molar-refractivity contribution is 0.0125. The average molecular weight is 723 g/mol. The van der Waals surface area contributed by atoms with Crippen molar-refractivity contribution in [1.82, 2.24) is 10.2 Å². The summed E-state index contributed by atoms with van der Waals surface area (Å²) in [6.45, 7) is 5.45. The first kappa shape index (κ1) is 39.4. The third kappa shape index (κ3) is 10.6. The van der Waals surface area contributed by atoms with Crippen LogP contribution in [0.15, 0.2) is 60.7 Å². The maximum atomic E-state index is 13.8. The Kier molecular flexibility index (Phi) is 13.8. The van der Waals surface area contributed by atoms with Gasteiger partial charge in [-0.1, -0.05) is 12.1 Å². The summed E-state index contributed by atoms with van der Waals surface area (Å²) in [4.78, 5) is 55.5. The average Bonchev–Trinajstić information content (AvgIpc) is 3.33. The fourth-order valence-electron chi connectivity index (χ4n) is 5.39. The molecule has 0 spiro atoms. The van der Waals surface area contributed by atoms with Crippen molar-refractivity contribution in [2.45, 2.75) is 51.4 Å². The summed E-state index contributed by atoms with van der Waals surface area (Å²) in [7, 11) is 5.90. The molecule has 0 aromatic heterocycles. The molecule has 52 heavy (non-hydrogen) atoms. The third-order valence-corrected chi connectivity index (χ3v) is 7.92. The fourth-order valence-corrected chi connectivity index (χ4v) is 5.39. The second-order valence-corrected chi connectivity index (χ2v) is 12.8. The Balaban J connectivity index is 1.58. The molecule has 3 aromatic rings. The van der Waals surface area contributed by atoms with Crippen LogP contribution in [0, 0.1) is 0 Å². The van der Waals surface area contributed by atoms with Gasteiger partial charge >= 0.3 is 12.1 Å². The van der Waals surface area contributed by atoms with Gasteiger partial charge in [0.15, 0.2) is 19.4 Å². The van der Waals surface area contributed by atoms with E-state index in [4.69, 9.17) is 37.9 Å². The van der Waals surface area contributed by atoms with Crippen LogP contribution in [0.1, 0.15) is 70.3 Å². The summed E-state index contributed by atoms with van der Waals surface area (Å²) in [5.41, 5.74) is 0.136. The maximum absolute atomic E-state index is 13.8. The van der Waals surface area contributed by atoms with E-state index >= 15 is 0 Å². The highest BCUT2D eigenvalue weighted by Gasteiger charge is 2.35. The first-order valence-corrected chi connectivity index (χ1v) is 16.6. The number of amides is 2. The normalized spacial score (nSPS) is 15.9. The molecule has 4 rings (SSSR count). The first-order chi connectivity index (χ1) is 24.9. The lowest BCUT2D eigenvalue weighted by Crippen LogP contribution is -2.51. The highest BCUT2D eigenvalue weighted by atomic mass is 16.7. The van der Waals surface area contributed by atoms with Gasteiger partial charge in [-0.3, -0.25) is 9.59 Å². The lowest BCUT2D eigenvalue weighted by Gasteiger charge is -2.31. The number of rotatable bonds is 14. The number of hydrogen-bond donors (Lipinski definition) is 1. The Morgan fingerprint density at radius 1 is 0.769 bits per heavy atom. The minimum absolute atomic E-state index is 0.00170. The Hall–Kier alpha value is -5.34. The number of nitrogens with zero attached hydrogens (tertiary/aromatic N) is 1. The van der Waals surface area contributed by atoms with Crippen molar-refractivity contribution >= 4 is 23.8 Å². The molecule has 1 aliphatic heterocycles. The smallest absolute Gasteiger partial charge is 0.410 e. The highest BCUT2D eigenvalue weighted by Crippen LogP contribution is 2.28. The zero-order chi connectivity index (χ0) is 37.8. The van der Waals surface area contributed by atoms with Crippen LogP contribution in [0.25, 0.3) is 0 Å². The van der Waals surface area contributed by atoms with Gasteiger partial charge in [0, 0.05) is 32.9 Å². The summed E-state index contributed by atoms with van der Waals surface area (Å²) in [5, 5.41) is 2.95. The molecule has 1 aliphatic rings. The zero-order valence-electron chi connectivity index (χ0n) is 30.5. The van der Waals surface area contributed by atoms with E-state index in [0.717, 1.165) is 0 Å². The van der Waals surface area contributed by atoms with Gasteiger partial charge in [-0.25, -0.2) is 9.59 Å². The van der Waals surface area contributed by atoms with Crippen molar-refractivity contribution < 1.29 is 57.1 Å². The van der Waals surface area contributed by atoms with Crippen LogP contribution >= 0.6 is 0 Å². The lowest BCUT2D eigenvalue weighted by atomic mass is 10.0. The van der Waals surface area contributed by atoms with Gasteiger partial charge in [0.2, 0.25) is 0 Å². The molecule has 1 heterocycles. The van der Waals surface area contributed by atoms with Crippen molar-refractivity contribution in [2.75, 3.05) is 55.1 Å². The molecule has 14 nitrogen and oxygen atoms in total. The topological polar surface area (TPSA) is 157 Å². The van der Waals surface area contributed by atoms with Gasteiger partial charge < -0.3 is 48.1 Å². The molecule has 0 unspecified atom stereocenters. The van der Waals surface area contributed by atoms with E-state index in [1.807, 2.05) is 0 Å². The molecular weight excluding hydrogens is 676 g/mol. The molecule has 0 radical (unpaired) electrons. The van der Waals surface area contributed by atoms with Crippen LogP contribution in [0.3, 0.4) is 0 Å². The van der Waals surface area contributed by atoms with Crippen LogP contribution in [-0.2, 0) is 18.9 Å². The maximum Gasteiger partial charge on any atom is 0.410 e. The second kappa shape index (κ2) is 18.2. The molecule has 1 fully saturated rings. The van der Waals surface area contributed by atoms with Crippen molar-refractivity contribution in [1.29, 1.82) is 0 Å². The molecule has 2 amide bonds. The number of esters is 1. The molecule has 0 saturated carbocycles. The molecule has 280 valence electrons. The van der Waals surface area contributed by atoms with Crippen LogP contribution in [0.5, 0.6) is 23.0 Å². The monoisotopic (exact) mass is 722 g/mol. The van der Waals surface area contributed by atoms with Gasteiger partial charge in [0.1, 0.15) is 34.7 Å². The van der Waals surface area contributed by atoms with Crippen molar-refractivity contribution in [3.63, 3.8) is 0 Å². The Labute approximate surface area is 303 Å². The van der Waals surface area contributed by atoms with E-state index in [1.165, 1.54) is 63.7 Å². The van der Waals surface area contributed by atoms with Crippen molar-refractivity contribution in [2.24, 2.45) is 0 Å².